The topological polar surface area (TPSA) is 82.7 Å². The van der Waals surface area contributed by atoms with Crippen LogP contribution in [-0.4, -0.2) is 9.91 Å². The quantitative estimate of drug-likeness (QED) is 0.616. The monoisotopic (exact) mass is 243 g/mol. The molecule has 1 N–H and O–H groups in total. The first-order valence-electron chi connectivity index (χ1n) is 5.56. The summed E-state index contributed by atoms with van der Waals surface area (Å²) in [7, 11) is 0. The summed E-state index contributed by atoms with van der Waals surface area (Å²) in [6.07, 6.45) is 0. The molecule has 2 rings (SSSR count). The molecule has 0 aliphatic heterocycles. The van der Waals surface area contributed by atoms with E-state index in [0.717, 1.165) is 0 Å². The highest BCUT2D eigenvalue weighted by atomic mass is 16.6. The van der Waals surface area contributed by atoms with E-state index in [4.69, 9.17) is 5.26 Å². The third kappa shape index (κ3) is 1.72. The molecule has 0 saturated carbocycles. The molecular formula is C13H13N3O2. The highest BCUT2D eigenvalue weighted by molar-refractivity contribution is 5.95. The summed E-state index contributed by atoms with van der Waals surface area (Å²) in [6.45, 7) is 5.70. The van der Waals surface area contributed by atoms with Crippen LogP contribution in [-0.2, 0) is 5.41 Å². The van der Waals surface area contributed by atoms with Crippen molar-refractivity contribution in [3.05, 3.63) is 39.6 Å². The van der Waals surface area contributed by atoms with Gasteiger partial charge >= 0.3 is 0 Å². The summed E-state index contributed by atoms with van der Waals surface area (Å²) in [5.74, 6) is 0. The zero-order valence-electron chi connectivity index (χ0n) is 10.4. The highest BCUT2D eigenvalue weighted by Crippen LogP contribution is 2.38. The van der Waals surface area contributed by atoms with E-state index in [-0.39, 0.29) is 11.1 Å². The maximum absolute atomic E-state index is 11.3. The lowest BCUT2D eigenvalue weighted by atomic mass is 9.91. The highest BCUT2D eigenvalue weighted by Gasteiger charge is 2.31. The molecule has 5 nitrogen and oxygen atoms in total. The van der Waals surface area contributed by atoms with E-state index < -0.39 is 4.92 Å². The van der Waals surface area contributed by atoms with Crippen molar-refractivity contribution in [3.63, 3.8) is 0 Å². The van der Waals surface area contributed by atoms with E-state index in [9.17, 15) is 10.1 Å². The average Bonchev–Trinajstić information content (AvgIpc) is 2.67. The van der Waals surface area contributed by atoms with Crippen LogP contribution in [0, 0.1) is 21.4 Å². The van der Waals surface area contributed by atoms with Gasteiger partial charge in [-0.1, -0.05) is 26.8 Å². The molecule has 18 heavy (non-hydrogen) atoms. The molecular weight excluding hydrogens is 230 g/mol. The van der Waals surface area contributed by atoms with Crippen LogP contribution in [0.4, 0.5) is 5.69 Å². The first kappa shape index (κ1) is 12.1. The summed E-state index contributed by atoms with van der Waals surface area (Å²) in [6, 6.07) is 7.06. The minimum atomic E-state index is -0.416. The van der Waals surface area contributed by atoms with Gasteiger partial charge in [0.1, 0.15) is 11.8 Å². The van der Waals surface area contributed by atoms with Crippen LogP contribution < -0.4 is 0 Å². The molecule has 2 aromatic rings. The second-order valence-corrected chi connectivity index (χ2v) is 5.20. The Bertz CT molecular complexity index is 672. The van der Waals surface area contributed by atoms with Crippen LogP contribution in [0.3, 0.4) is 0 Å². The number of hydrogen-bond donors (Lipinski definition) is 1. The van der Waals surface area contributed by atoms with Crippen LogP contribution in [0.2, 0.25) is 0 Å². The molecule has 0 spiro atoms. The molecule has 0 atom stereocenters. The molecule has 1 aromatic heterocycles. The van der Waals surface area contributed by atoms with Gasteiger partial charge in [-0.2, -0.15) is 5.26 Å². The van der Waals surface area contributed by atoms with Gasteiger partial charge in [0.2, 0.25) is 0 Å². The third-order valence-electron chi connectivity index (χ3n) is 2.85. The zero-order valence-corrected chi connectivity index (χ0v) is 10.4. The van der Waals surface area contributed by atoms with Gasteiger partial charge in [-0.05, 0) is 12.1 Å². The van der Waals surface area contributed by atoms with Crippen LogP contribution in [0.5, 0.6) is 0 Å². The van der Waals surface area contributed by atoms with E-state index in [1.807, 2.05) is 26.8 Å². The third-order valence-corrected chi connectivity index (χ3v) is 2.85. The summed E-state index contributed by atoms with van der Waals surface area (Å²) in [5.41, 5.74) is 1.13. The number of nitro groups is 1. The summed E-state index contributed by atoms with van der Waals surface area (Å²) in [4.78, 5) is 13.9. The number of nitrogens with one attached hydrogen (secondary N) is 1. The van der Waals surface area contributed by atoms with Crippen molar-refractivity contribution in [1.82, 2.24) is 4.98 Å². The van der Waals surface area contributed by atoms with Gasteiger partial charge in [-0.15, -0.1) is 0 Å². The molecule has 0 saturated heterocycles. The van der Waals surface area contributed by atoms with E-state index in [2.05, 4.69) is 4.98 Å². The Morgan fingerprint density at radius 1 is 1.39 bits per heavy atom. The fraction of sp³-hybridized carbons (Fsp3) is 0.308. The zero-order chi connectivity index (χ0) is 13.5. The van der Waals surface area contributed by atoms with Gasteiger partial charge in [0.15, 0.2) is 0 Å². The van der Waals surface area contributed by atoms with E-state index in [0.29, 0.717) is 22.2 Å². The first-order valence-corrected chi connectivity index (χ1v) is 5.56. The molecule has 0 aliphatic carbocycles. The maximum atomic E-state index is 11.3. The lowest BCUT2D eigenvalue weighted by Crippen LogP contribution is -2.13. The Morgan fingerprint density at radius 3 is 2.56 bits per heavy atom. The van der Waals surface area contributed by atoms with Crippen molar-refractivity contribution < 1.29 is 4.92 Å². The van der Waals surface area contributed by atoms with Crippen LogP contribution in [0.25, 0.3) is 10.9 Å². The Hall–Kier alpha value is -2.35. The molecule has 0 fully saturated rings. The molecule has 0 amide bonds. The number of nitriles is 1. The summed E-state index contributed by atoms with van der Waals surface area (Å²) < 4.78 is 0. The predicted octanol–water partition coefficient (Wildman–Crippen LogP) is 3.25. The van der Waals surface area contributed by atoms with Crippen molar-refractivity contribution in [1.29, 1.82) is 5.26 Å². The fourth-order valence-electron chi connectivity index (χ4n) is 2.05. The summed E-state index contributed by atoms with van der Waals surface area (Å²) in [5, 5.41) is 20.8. The van der Waals surface area contributed by atoms with Crippen LogP contribution in [0.15, 0.2) is 18.2 Å². The minimum absolute atomic E-state index is 0.00894. The van der Waals surface area contributed by atoms with Gasteiger partial charge < -0.3 is 4.98 Å². The van der Waals surface area contributed by atoms with Gasteiger partial charge in [-0.25, -0.2) is 0 Å². The van der Waals surface area contributed by atoms with Crippen molar-refractivity contribution in [2.75, 3.05) is 0 Å². The number of rotatable bonds is 1. The molecule has 0 unspecified atom stereocenters. The first-order chi connectivity index (χ1) is 8.36. The molecule has 0 aliphatic rings. The normalized spacial score (nSPS) is 11.4. The van der Waals surface area contributed by atoms with E-state index in [1.165, 1.54) is 0 Å². The number of aromatic amines is 1. The largest absolute Gasteiger partial charge is 0.352 e. The molecule has 5 heteroatoms. The van der Waals surface area contributed by atoms with Crippen molar-refractivity contribution >= 4 is 16.6 Å². The van der Waals surface area contributed by atoms with Crippen molar-refractivity contribution in [3.8, 4) is 6.07 Å². The van der Waals surface area contributed by atoms with E-state index >= 15 is 0 Å². The maximum Gasteiger partial charge on any atom is 0.299 e. The molecule has 1 heterocycles. The Morgan fingerprint density at radius 2 is 2.06 bits per heavy atom. The second kappa shape index (κ2) is 3.84. The number of fused-ring (bicyclic) bond motifs is 1. The molecule has 0 radical (unpaired) electrons. The number of aromatic nitrogens is 1. The van der Waals surface area contributed by atoms with E-state index in [1.54, 1.807) is 18.2 Å². The lowest BCUT2D eigenvalue weighted by molar-refractivity contribution is -0.384. The smallest absolute Gasteiger partial charge is 0.299 e. The Labute approximate surface area is 104 Å². The summed E-state index contributed by atoms with van der Waals surface area (Å²) >= 11 is 0. The molecule has 0 bridgehead atoms. The predicted molar refractivity (Wildman–Crippen MR) is 68.4 cm³/mol. The number of hydrogen-bond acceptors (Lipinski definition) is 3. The van der Waals surface area contributed by atoms with Gasteiger partial charge in [0, 0.05) is 5.41 Å². The lowest BCUT2D eigenvalue weighted by Gasteiger charge is -2.15. The van der Waals surface area contributed by atoms with Crippen LogP contribution in [0.1, 0.15) is 32.0 Å². The number of benzene rings is 1. The number of nitrogens with zero attached hydrogens (tertiary/aromatic N) is 2. The van der Waals surface area contributed by atoms with Gasteiger partial charge in [0.25, 0.3) is 5.69 Å². The van der Waals surface area contributed by atoms with Gasteiger partial charge in [0.05, 0.1) is 21.4 Å². The molecule has 92 valence electrons. The minimum Gasteiger partial charge on any atom is -0.352 e. The fourth-order valence-corrected chi connectivity index (χ4v) is 2.05. The Balaban J connectivity index is 2.96. The standard InChI is InChI=1S/C13H13N3O2/c1-13(2,3)12-11(16(17)18)10-8(7-14)5-4-6-9(10)15-12/h4-6,15H,1-3H3. The van der Waals surface area contributed by atoms with Crippen molar-refractivity contribution in [2.45, 2.75) is 26.2 Å². The SMILES string of the molecule is CC(C)(C)c1[nH]c2cccc(C#N)c2c1[N+](=O)[O-]. The van der Waals surface area contributed by atoms with Crippen LogP contribution >= 0.6 is 0 Å². The second-order valence-electron chi connectivity index (χ2n) is 5.20. The molecule has 1 aromatic carbocycles. The average molecular weight is 243 g/mol. The number of H-pyrrole nitrogens is 1. The Kier molecular flexibility index (Phi) is 2.59. The van der Waals surface area contributed by atoms with Gasteiger partial charge in [-0.3, -0.25) is 10.1 Å². The van der Waals surface area contributed by atoms with Crippen molar-refractivity contribution in [2.24, 2.45) is 0 Å².